The number of thiophene rings is 1. The van der Waals surface area contributed by atoms with Crippen molar-refractivity contribution < 1.29 is 22.7 Å². The molecule has 27 heavy (non-hydrogen) atoms. The van der Waals surface area contributed by atoms with Gasteiger partial charge in [-0.05, 0) is 56.0 Å². The lowest BCUT2D eigenvalue weighted by molar-refractivity contribution is 0.0527. The molecule has 144 valence electrons. The minimum absolute atomic E-state index is 0.00217. The Kier molecular flexibility index (Phi) is 5.67. The SMILES string of the molecule is CCOC(=O)c1c(NC(=O)c2ccc(S(=O)(=O)CC)cc2)sc2c1CCC2. The van der Waals surface area contributed by atoms with Crippen molar-refractivity contribution in [2.24, 2.45) is 0 Å². The molecule has 1 amide bonds. The Morgan fingerprint density at radius 2 is 1.85 bits per heavy atom. The second-order valence-corrected chi connectivity index (χ2v) is 9.55. The van der Waals surface area contributed by atoms with Gasteiger partial charge in [-0.1, -0.05) is 6.92 Å². The van der Waals surface area contributed by atoms with Crippen LogP contribution in [0.2, 0.25) is 0 Å². The number of fused-ring (bicyclic) bond motifs is 1. The number of aryl methyl sites for hydroxylation is 1. The number of benzene rings is 1. The highest BCUT2D eigenvalue weighted by Crippen LogP contribution is 2.39. The molecule has 2 aromatic rings. The Hall–Kier alpha value is -2.19. The molecule has 1 aliphatic carbocycles. The van der Waals surface area contributed by atoms with Gasteiger partial charge in [-0.15, -0.1) is 11.3 Å². The number of anilines is 1. The van der Waals surface area contributed by atoms with Crippen LogP contribution in [0.1, 0.15) is 51.4 Å². The van der Waals surface area contributed by atoms with E-state index in [9.17, 15) is 18.0 Å². The summed E-state index contributed by atoms with van der Waals surface area (Å²) in [5, 5.41) is 3.29. The first-order valence-electron chi connectivity index (χ1n) is 8.83. The molecule has 6 nitrogen and oxygen atoms in total. The fraction of sp³-hybridized carbons (Fsp3) is 0.368. The van der Waals surface area contributed by atoms with Crippen LogP contribution >= 0.6 is 11.3 Å². The van der Waals surface area contributed by atoms with E-state index in [0.717, 1.165) is 29.7 Å². The molecular weight excluding hydrogens is 386 g/mol. The fourth-order valence-corrected chi connectivity index (χ4v) is 5.22. The summed E-state index contributed by atoms with van der Waals surface area (Å²) >= 11 is 1.41. The molecule has 0 aliphatic heterocycles. The zero-order valence-corrected chi connectivity index (χ0v) is 16.8. The minimum Gasteiger partial charge on any atom is -0.462 e. The summed E-state index contributed by atoms with van der Waals surface area (Å²) in [7, 11) is -3.31. The normalized spacial score (nSPS) is 13.3. The van der Waals surface area contributed by atoms with Gasteiger partial charge in [0.05, 0.1) is 22.8 Å². The first-order chi connectivity index (χ1) is 12.9. The van der Waals surface area contributed by atoms with Gasteiger partial charge in [0.25, 0.3) is 5.91 Å². The molecule has 1 aromatic carbocycles. The van der Waals surface area contributed by atoms with E-state index in [4.69, 9.17) is 4.74 Å². The van der Waals surface area contributed by atoms with Crippen molar-refractivity contribution in [2.45, 2.75) is 38.0 Å². The van der Waals surface area contributed by atoms with Crippen LogP contribution < -0.4 is 5.32 Å². The van der Waals surface area contributed by atoms with E-state index in [2.05, 4.69) is 5.32 Å². The van der Waals surface area contributed by atoms with Gasteiger partial charge >= 0.3 is 5.97 Å². The molecule has 1 heterocycles. The maximum atomic E-state index is 12.6. The fourth-order valence-electron chi connectivity index (χ4n) is 3.07. The standard InChI is InChI=1S/C19H21NO5S2/c1-3-25-19(22)16-14-6-5-7-15(14)26-18(16)20-17(21)12-8-10-13(11-9-12)27(23,24)4-2/h8-11H,3-7H2,1-2H3,(H,20,21). The van der Waals surface area contributed by atoms with Gasteiger partial charge in [-0.3, -0.25) is 4.79 Å². The van der Waals surface area contributed by atoms with E-state index in [1.165, 1.54) is 35.6 Å². The molecule has 0 radical (unpaired) electrons. The molecule has 1 N–H and O–H groups in total. The number of hydrogen-bond donors (Lipinski definition) is 1. The minimum atomic E-state index is -3.31. The first-order valence-corrected chi connectivity index (χ1v) is 11.3. The van der Waals surface area contributed by atoms with Gasteiger partial charge in [0.15, 0.2) is 9.84 Å². The van der Waals surface area contributed by atoms with Gasteiger partial charge in [0, 0.05) is 10.4 Å². The molecule has 0 fully saturated rings. The van der Waals surface area contributed by atoms with Crippen LogP contribution in [0.5, 0.6) is 0 Å². The van der Waals surface area contributed by atoms with Crippen molar-refractivity contribution >= 4 is 38.1 Å². The third kappa shape index (κ3) is 3.91. The zero-order valence-electron chi connectivity index (χ0n) is 15.2. The lowest BCUT2D eigenvalue weighted by Gasteiger charge is -2.08. The Bertz CT molecular complexity index is 974. The van der Waals surface area contributed by atoms with E-state index < -0.39 is 15.8 Å². The molecule has 1 aromatic heterocycles. The Labute approximate surface area is 162 Å². The van der Waals surface area contributed by atoms with Crippen molar-refractivity contribution in [1.82, 2.24) is 0 Å². The Morgan fingerprint density at radius 3 is 2.48 bits per heavy atom. The second kappa shape index (κ2) is 7.82. The average Bonchev–Trinajstić information content (AvgIpc) is 3.22. The number of rotatable bonds is 6. The molecule has 3 rings (SSSR count). The van der Waals surface area contributed by atoms with E-state index >= 15 is 0 Å². The summed E-state index contributed by atoms with van der Waals surface area (Å²) < 4.78 is 28.9. The van der Waals surface area contributed by atoms with Gasteiger partial charge in [-0.25, -0.2) is 13.2 Å². The van der Waals surface area contributed by atoms with Crippen molar-refractivity contribution in [3.8, 4) is 0 Å². The van der Waals surface area contributed by atoms with Gasteiger partial charge in [0.1, 0.15) is 5.00 Å². The summed E-state index contributed by atoms with van der Waals surface area (Å²) in [5.41, 5.74) is 1.75. The van der Waals surface area contributed by atoms with E-state index in [0.29, 0.717) is 16.1 Å². The van der Waals surface area contributed by atoms with Gasteiger partial charge in [0.2, 0.25) is 0 Å². The van der Waals surface area contributed by atoms with Crippen molar-refractivity contribution in [3.05, 3.63) is 45.8 Å². The summed E-state index contributed by atoms with van der Waals surface area (Å²) in [6, 6.07) is 5.80. The Morgan fingerprint density at radius 1 is 1.15 bits per heavy atom. The number of esters is 1. The highest BCUT2D eigenvalue weighted by atomic mass is 32.2. The third-order valence-electron chi connectivity index (χ3n) is 4.48. The quantitative estimate of drug-likeness (QED) is 0.741. The lowest BCUT2D eigenvalue weighted by Crippen LogP contribution is -2.15. The lowest BCUT2D eigenvalue weighted by atomic mass is 10.1. The largest absolute Gasteiger partial charge is 0.462 e. The summed E-state index contributed by atoms with van der Waals surface area (Å²) in [6.07, 6.45) is 2.69. The predicted molar refractivity (Wildman–Crippen MR) is 104 cm³/mol. The molecular formula is C19H21NO5S2. The van der Waals surface area contributed by atoms with Crippen LogP contribution in [-0.4, -0.2) is 32.7 Å². The van der Waals surface area contributed by atoms with Gasteiger partial charge in [-0.2, -0.15) is 0 Å². The van der Waals surface area contributed by atoms with E-state index in [1.807, 2.05) is 0 Å². The van der Waals surface area contributed by atoms with Crippen LogP contribution in [0.25, 0.3) is 0 Å². The predicted octanol–water partition coefficient (Wildman–Crippen LogP) is 3.46. The highest BCUT2D eigenvalue weighted by Gasteiger charge is 2.28. The van der Waals surface area contributed by atoms with Crippen molar-refractivity contribution in [1.29, 1.82) is 0 Å². The number of amides is 1. The van der Waals surface area contributed by atoms with Crippen LogP contribution in [0.15, 0.2) is 29.2 Å². The van der Waals surface area contributed by atoms with E-state index in [1.54, 1.807) is 13.8 Å². The maximum Gasteiger partial charge on any atom is 0.341 e. The number of ether oxygens (including phenoxy) is 1. The number of hydrogen-bond acceptors (Lipinski definition) is 6. The number of carbonyl (C=O) groups is 2. The second-order valence-electron chi connectivity index (χ2n) is 6.16. The molecule has 0 atom stereocenters. The van der Waals surface area contributed by atoms with Crippen molar-refractivity contribution in [2.75, 3.05) is 17.7 Å². The molecule has 0 spiro atoms. The number of sulfone groups is 1. The summed E-state index contributed by atoms with van der Waals surface area (Å²) in [6.45, 7) is 3.59. The summed E-state index contributed by atoms with van der Waals surface area (Å²) in [5.74, 6) is -0.806. The van der Waals surface area contributed by atoms with E-state index in [-0.39, 0.29) is 23.2 Å². The third-order valence-corrected chi connectivity index (χ3v) is 7.44. The highest BCUT2D eigenvalue weighted by molar-refractivity contribution is 7.91. The number of nitrogens with one attached hydrogen (secondary N) is 1. The van der Waals surface area contributed by atoms with Crippen LogP contribution in [0, 0.1) is 0 Å². The topological polar surface area (TPSA) is 89.5 Å². The smallest absolute Gasteiger partial charge is 0.341 e. The average molecular weight is 408 g/mol. The summed E-state index contributed by atoms with van der Waals surface area (Å²) in [4.78, 5) is 26.3. The molecule has 8 heteroatoms. The number of carbonyl (C=O) groups excluding carboxylic acids is 2. The zero-order chi connectivity index (χ0) is 19.6. The van der Waals surface area contributed by atoms with Crippen LogP contribution in [0.4, 0.5) is 5.00 Å². The molecule has 0 unspecified atom stereocenters. The van der Waals surface area contributed by atoms with Crippen LogP contribution in [0.3, 0.4) is 0 Å². The maximum absolute atomic E-state index is 12.6. The molecule has 0 saturated carbocycles. The van der Waals surface area contributed by atoms with Crippen LogP contribution in [-0.2, 0) is 27.4 Å². The van der Waals surface area contributed by atoms with Gasteiger partial charge < -0.3 is 10.1 Å². The monoisotopic (exact) mass is 407 g/mol. The molecule has 0 bridgehead atoms. The molecule has 1 aliphatic rings. The molecule has 0 saturated heterocycles. The first kappa shape index (κ1) is 19.6. The Balaban J connectivity index is 1.85. The van der Waals surface area contributed by atoms with Crippen molar-refractivity contribution in [3.63, 3.8) is 0 Å².